The minimum absolute atomic E-state index is 0.150. The van der Waals surface area contributed by atoms with Crippen molar-refractivity contribution in [3.63, 3.8) is 0 Å². The first-order valence-corrected chi connectivity index (χ1v) is 7.28. The van der Waals surface area contributed by atoms with E-state index in [1.807, 2.05) is 50.4 Å². The first kappa shape index (κ1) is 15.9. The summed E-state index contributed by atoms with van der Waals surface area (Å²) in [7, 11) is 0. The second kappa shape index (κ2) is 8.09. The Morgan fingerprint density at radius 1 is 1.41 bits per heavy atom. The Morgan fingerprint density at radius 2 is 2.27 bits per heavy atom. The van der Waals surface area contributed by atoms with Gasteiger partial charge in [0.05, 0.1) is 0 Å². The molecule has 0 aliphatic rings. The van der Waals surface area contributed by atoms with Gasteiger partial charge in [0, 0.05) is 31.6 Å². The fourth-order valence-electron chi connectivity index (χ4n) is 1.83. The van der Waals surface area contributed by atoms with Gasteiger partial charge in [-0.05, 0) is 31.9 Å². The monoisotopic (exact) mass is 299 g/mol. The molecule has 0 radical (unpaired) electrons. The van der Waals surface area contributed by atoms with Crippen molar-refractivity contribution in [3.8, 4) is 5.82 Å². The largest absolute Gasteiger partial charge is 0.396 e. The highest BCUT2D eigenvalue weighted by Gasteiger charge is 2.07. The van der Waals surface area contributed by atoms with E-state index in [1.54, 1.807) is 10.9 Å². The van der Waals surface area contributed by atoms with Gasteiger partial charge < -0.3 is 10.4 Å². The number of aliphatic hydroxyl groups excluding tert-OH is 1. The lowest BCUT2D eigenvalue weighted by molar-refractivity contribution is 0.292. The molecule has 6 heteroatoms. The van der Waals surface area contributed by atoms with Crippen molar-refractivity contribution < 1.29 is 5.11 Å². The third-order valence-corrected chi connectivity index (χ3v) is 2.98. The Morgan fingerprint density at radius 3 is 2.95 bits per heavy atom. The van der Waals surface area contributed by atoms with E-state index in [4.69, 9.17) is 5.11 Å². The summed E-state index contributed by atoms with van der Waals surface area (Å²) >= 11 is 0. The Bertz CT molecular complexity index is 647. The summed E-state index contributed by atoms with van der Waals surface area (Å²) < 4.78 is 1.70. The van der Waals surface area contributed by atoms with Crippen molar-refractivity contribution in [1.82, 2.24) is 19.7 Å². The van der Waals surface area contributed by atoms with Crippen molar-refractivity contribution in [1.29, 1.82) is 0 Å². The zero-order valence-corrected chi connectivity index (χ0v) is 12.9. The Hall–Kier alpha value is -2.47. The quantitative estimate of drug-likeness (QED) is 0.606. The molecule has 0 amide bonds. The molecule has 0 aromatic carbocycles. The predicted molar refractivity (Wildman–Crippen MR) is 87.8 cm³/mol. The van der Waals surface area contributed by atoms with Gasteiger partial charge in [0.2, 0.25) is 0 Å². The molecule has 0 fully saturated rings. The topological polar surface area (TPSA) is 75.9 Å². The summed E-state index contributed by atoms with van der Waals surface area (Å²) in [4.78, 5) is 9.08. The second-order valence-electron chi connectivity index (χ2n) is 4.77. The summed E-state index contributed by atoms with van der Waals surface area (Å²) in [5.74, 6) is 2.07. The third-order valence-electron chi connectivity index (χ3n) is 2.98. The van der Waals surface area contributed by atoms with Crippen LogP contribution in [0.3, 0.4) is 0 Å². The van der Waals surface area contributed by atoms with Crippen LogP contribution in [0.5, 0.6) is 0 Å². The SMILES string of the molecule is C/C=C\C=C(/C)c1nc(NCCCO)cc(-n2cccn2)n1. The zero-order valence-electron chi connectivity index (χ0n) is 12.9. The van der Waals surface area contributed by atoms with Crippen LogP contribution >= 0.6 is 0 Å². The maximum atomic E-state index is 8.89. The number of rotatable bonds is 7. The van der Waals surface area contributed by atoms with E-state index in [9.17, 15) is 0 Å². The minimum atomic E-state index is 0.150. The molecule has 0 unspecified atom stereocenters. The number of anilines is 1. The normalized spacial score (nSPS) is 12.0. The summed E-state index contributed by atoms with van der Waals surface area (Å²) in [6, 6.07) is 3.69. The van der Waals surface area contributed by atoms with Crippen LogP contribution in [0, 0.1) is 0 Å². The lowest BCUT2D eigenvalue weighted by Gasteiger charge is -2.10. The van der Waals surface area contributed by atoms with Crippen LogP contribution in [-0.4, -0.2) is 38.0 Å². The molecule has 0 atom stereocenters. The van der Waals surface area contributed by atoms with E-state index in [2.05, 4.69) is 20.4 Å². The standard InChI is InChI=1S/C16H21N5O/c1-3-4-7-13(2)16-19-14(17-8-6-11-22)12-15(20-16)21-10-5-9-18-21/h3-5,7,9-10,12,22H,6,8,11H2,1-2H3,(H,17,19,20)/b4-3-,13-7+. The maximum Gasteiger partial charge on any atom is 0.159 e. The molecule has 0 saturated carbocycles. The number of aromatic nitrogens is 4. The highest BCUT2D eigenvalue weighted by atomic mass is 16.3. The molecular weight excluding hydrogens is 278 g/mol. The molecule has 2 N–H and O–H groups in total. The van der Waals surface area contributed by atoms with Crippen molar-refractivity contribution >= 4 is 11.4 Å². The number of hydrogen-bond donors (Lipinski definition) is 2. The van der Waals surface area contributed by atoms with Gasteiger partial charge in [-0.25, -0.2) is 14.6 Å². The van der Waals surface area contributed by atoms with Crippen LogP contribution < -0.4 is 5.32 Å². The molecule has 2 rings (SSSR count). The molecule has 2 aromatic heterocycles. The smallest absolute Gasteiger partial charge is 0.159 e. The fraction of sp³-hybridized carbons (Fsp3) is 0.312. The van der Waals surface area contributed by atoms with Gasteiger partial charge >= 0.3 is 0 Å². The van der Waals surface area contributed by atoms with Gasteiger partial charge in [-0.15, -0.1) is 0 Å². The Labute approximate surface area is 130 Å². The van der Waals surface area contributed by atoms with Crippen LogP contribution in [0.25, 0.3) is 11.4 Å². The molecule has 6 nitrogen and oxygen atoms in total. The molecule has 2 heterocycles. The molecule has 2 aromatic rings. The van der Waals surface area contributed by atoms with Crippen molar-refractivity contribution in [2.75, 3.05) is 18.5 Å². The Balaban J connectivity index is 2.35. The van der Waals surface area contributed by atoms with E-state index in [-0.39, 0.29) is 6.61 Å². The van der Waals surface area contributed by atoms with Gasteiger partial charge in [-0.3, -0.25) is 0 Å². The predicted octanol–water partition coefficient (Wildman–Crippen LogP) is 2.44. The zero-order chi connectivity index (χ0) is 15.8. The van der Waals surface area contributed by atoms with Crippen molar-refractivity contribution in [2.24, 2.45) is 0 Å². The number of aliphatic hydroxyl groups is 1. The fourth-order valence-corrected chi connectivity index (χ4v) is 1.83. The van der Waals surface area contributed by atoms with Gasteiger partial charge in [-0.1, -0.05) is 18.2 Å². The van der Waals surface area contributed by atoms with Crippen LogP contribution in [0.2, 0.25) is 0 Å². The molecule has 0 aliphatic carbocycles. The molecule has 22 heavy (non-hydrogen) atoms. The van der Waals surface area contributed by atoms with Crippen LogP contribution in [0.1, 0.15) is 26.1 Å². The summed E-state index contributed by atoms with van der Waals surface area (Å²) in [6.45, 7) is 4.74. The molecule has 0 saturated heterocycles. The average Bonchev–Trinajstić information content (AvgIpc) is 3.07. The summed E-state index contributed by atoms with van der Waals surface area (Å²) in [5, 5.41) is 16.3. The minimum Gasteiger partial charge on any atom is -0.396 e. The molecule has 0 spiro atoms. The van der Waals surface area contributed by atoms with Gasteiger partial charge in [0.15, 0.2) is 11.6 Å². The van der Waals surface area contributed by atoms with E-state index in [0.717, 1.165) is 11.4 Å². The maximum absolute atomic E-state index is 8.89. The number of nitrogens with one attached hydrogen (secondary N) is 1. The number of hydrogen-bond acceptors (Lipinski definition) is 5. The van der Waals surface area contributed by atoms with E-state index < -0.39 is 0 Å². The third kappa shape index (κ3) is 4.26. The van der Waals surface area contributed by atoms with Crippen LogP contribution in [0.4, 0.5) is 5.82 Å². The van der Waals surface area contributed by atoms with Crippen molar-refractivity contribution in [3.05, 3.63) is 48.6 Å². The number of allylic oxidation sites excluding steroid dienone is 4. The highest BCUT2D eigenvalue weighted by Crippen LogP contribution is 2.16. The first-order valence-electron chi connectivity index (χ1n) is 7.28. The summed E-state index contributed by atoms with van der Waals surface area (Å²) in [6.07, 6.45) is 10.1. The van der Waals surface area contributed by atoms with Crippen molar-refractivity contribution in [2.45, 2.75) is 20.3 Å². The molecule has 0 aliphatic heterocycles. The number of nitrogens with zero attached hydrogens (tertiary/aromatic N) is 4. The van der Waals surface area contributed by atoms with Gasteiger partial charge in [0.1, 0.15) is 5.82 Å². The van der Waals surface area contributed by atoms with E-state index in [0.29, 0.717) is 24.6 Å². The molecule has 116 valence electrons. The van der Waals surface area contributed by atoms with E-state index in [1.165, 1.54) is 0 Å². The van der Waals surface area contributed by atoms with Crippen LogP contribution in [0.15, 0.2) is 42.8 Å². The second-order valence-corrected chi connectivity index (χ2v) is 4.77. The lowest BCUT2D eigenvalue weighted by Crippen LogP contribution is -2.09. The van der Waals surface area contributed by atoms with E-state index >= 15 is 0 Å². The first-order chi connectivity index (χ1) is 10.7. The molecular formula is C16H21N5O. The Kier molecular flexibility index (Phi) is 5.85. The van der Waals surface area contributed by atoms with Gasteiger partial charge in [0.25, 0.3) is 0 Å². The highest BCUT2D eigenvalue weighted by molar-refractivity contribution is 5.61. The van der Waals surface area contributed by atoms with Gasteiger partial charge in [-0.2, -0.15) is 5.10 Å². The lowest BCUT2D eigenvalue weighted by atomic mass is 10.2. The van der Waals surface area contributed by atoms with Crippen LogP contribution in [-0.2, 0) is 0 Å². The average molecular weight is 299 g/mol. The molecule has 0 bridgehead atoms. The summed E-state index contributed by atoms with van der Waals surface area (Å²) in [5.41, 5.74) is 0.970.